The molecular weight excluding hydrogens is 270 g/mol. The molecule has 0 amide bonds. The lowest BCUT2D eigenvalue weighted by atomic mass is 10.1. The van der Waals surface area contributed by atoms with E-state index >= 15 is 0 Å². The number of rotatable bonds is 4. The fourth-order valence-electron chi connectivity index (χ4n) is 1.40. The number of thiocarbonyl (C=S) groups is 1. The Labute approximate surface area is 119 Å². The van der Waals surface area contributed by atoms with Crippen LogP contribution in [0.15, 0.2) is 30.3 Å². The molecule has 0 saturated heterocycles. The van der Waals surface area contributed by atoms with Gasteiger partial charge in [-0.3, -0.25) is 0 Å². The number of hydrogen-bond acceptors (Lipinski definition) is 4. The van der Waals surface area contributed by atoms with E-state index in [2.05, 4.69) is 0 Å². The van der Waals surface area contributed by atoms with Gasteiger partial charge >= 0.3 is 5.97 Å². The predicted molar refractivity (Wildman–Crippen MR) is 78.9 cm³/mol. The molecule has 0 bridgehead atoms. The highest BCUT2D eigenvalue weighted by atomic mass is 35.5. The lowest BCUT2D eigenvalue weighted by Gasteiger charge is -2.13. The molecule has 0 heterocycles. The van der Waals surface area contributed by atoms with Crippen LogP contribution in [0.5, 0.6) is 0 Å². The molecule has 18 heavy (non-hydrogen) atoms. The van der Waals surface area contributed by atoms with Crippen molar-refractivity contribution in [2.75, 3.05) is 0 Å². The molecule has 0 aliphatic rings. The Kier molecular flexibility index (Phi) is 7.75. The minimum Gasteiger partial charge on any atom is -0.413 e. The summed E-state index contributed by atoms with van der Waals surface area (Å²) in [4.78, 5) is 11.6. The molecule has 0 saturated carbocycles. The first-order chi connectivity index (χ1) is 8.00. The number of carbonyl (C=O) groups excluding carboxylic acids is 1. The van der Waals surface area contributed by atoms with Gasteiger partial charge in [0, 0.05) is 5.56 Å². The van der Waals surface area contributed by atoms with Crippen molar-refractivity contribution in [1.82, 2.24) is 0 Å². The molecule has 1 aromatic rings. The zero-order valence-corrected chi connectivity index (χ0v) is 12.1. The van der Waals surface area contributed by atoms with Gasteiger partial charge in [0.15, 0.2) is 0 Å². The fraction of sp³-hybridized carbons (Fsp3) is 0.385. The van der Waals surface area contributed by atoms with Crippen molar-refractivity contribution in [3.63, 3.8) is 0 Å². The second kappa shape index (κ2) is 8.19. The fourth-order valence-corrected chi connectivity index (χ4v) is 1.62. The molecule has 5 heteroatoms. The highest BCUT2D eigenvalue weighted by Gasteiger charge is 2.18. The summed E-state index contributed by atoms with van der Waals surface area (Å²) in [7, 11) is 0. The molecule has 0 fully saturated rings. The Bertz CT molecular complexity index is 395. The van der Waals surface area contributed by atoms with E-state index in [9.17, 15) is 4.79 Å². The van der Waals surface area contributed by atoms with Crippen LogP contribution in [-0.2, 0) is 9.53 Å². The number of carbonyl (C=O) groups is 1. The Morgan fingerprint density at radius 3 is 2.39 bits per heavy atom. The van der Waals surface area contributed by atoms with Gasteiger partial charge in [0.25, 0.3) is 0 Å². The highest BCUT2D eigenvalue weighted by Crippen LogP contribution is 2.07. The number of esters is 1. The Morgan fingerprint density at radius 1 is 1.33 bits per heavy atom. The van der Waals surface area contributed by atoms with Crippen molar-refractivity contribution >= 4 is 35.6 Å². The maximum atomic E-state index is 11.6. The number of nitrogens with two attached hydrogens (primary N) is 1. The summed E-state index contributed by atoms with van der Waals surface area (Å²) in [6.07, 6.45) is 0.593. The topological polar surface area (TPSA) is 52.3 Å². The van der Waals surface area contributed by atoms with Crippen LogP contribution < -0.4 is 5.73 Å². The third kappa shape index (κ3) is 5.58. The zero-order chi connectivity index (χ0) is 12.8. The molecule has 0 aliphatic heterocycles. The Hall–Kier alpha value is -0.970. The maximum absolute atomic E-state index is 11.6. The van der Waals surface area contributed by atoms with Crippen molar-refractivity contribution in [1.29, 1.82) is 0 Å². The van der Waals surface area contributed by atoms with E-state index in [1.165, 1.54) is 0 Å². The van der Waals surface area contributed by atoms with Gasteiger partial charge in [0.05, 0.1) is 0 Å². The van der Waals surface area contributed by atoms with Gasteiger partial charge in [-0.25, -0.2) is 4.79 Å². The lowest BCUT2D eigenvalue weighted by Crippen LogP contribution is -2.34. The van der Waals surface area contributed by atoms with E-state index in [0.29, 0.717) is 17.9 Å². The van der Waals surface area contributed by atoms with Gasteiger partial charge in [-0.15, -0.1) is 12.4 Å². The summed E-state index contributed by atoms with van der Waals surface area (Å²) in [5.41, 5.74) is 6.43. The summed E-state index contributed by atoms with van der Waals surface area (Å²) in [5, 5.41) is 0.176. The van der Waals surface area contributed by atoms with Gasteiger partial charge in [-0.1, -0.05) is 44.2 Å². The summed E-state index contributed by atoms with van der Waals surface area (Å²) in [5.74, 6) is -0.115. The Morgan fingerprint density at radius 2 is 1.89 bits per heavy atom. The van der Waals surface area contributed by atoms with E-state index in [4.69, 9.17) is 22.7 Å². The van der Waals surface area contributed by atoms with Crippen LogP contribution in [0.2, 0.25) is 0 Å². The van der Waals surface area contributed by atoms with Gasteiger partial charge in [0.1, 0.15) is 6.04 Å². The van der Waals surface area contributed by atoms with Gasteiger partial charge in [-0.2, -0.15) is 0 Å². The average molecular weight is 288 g/mol. The lowest BCUT2D eigenvalue weighted by molar-refractivity contribution is -0.137. The van der Waals surface area contributed by atoms with Crippen molar-refractivity contribution < 1.29 is 9.53 Å². The van der Waals surface area contributed by atoms with E-state index in [-0.39, 0.29) is 17.5 Å². The van der Waals surface area contributed by atoms with Crippen molar-refractivity contribution in [2.45, 2.75) is 26.3 Å². The summed E-state index contributed by atoms with van der Waals surface area (Å²) < 4.78 is 5.07. The minimum atomic E-state index is -0.614. The molecule has 1 rings (SSSR count). The average Bonchev–Trinajstić information content (AvgIpc) is 2.29. The second-order valence-corrected chi connectivity index (χ2v) is 4.68. The van der Waals surface area contributed by atoms with Crippen molar-refractivity contribution in [3.8, 4) is 0 Å². The largest absolute Gasteiger partial charge is 0.413 e. The van der Waals surface area contributed by atoms with Crippen LogP contribution in [0.3, 0.4) is 0 Å². The molecule has 1 aromatic carbocycles. The monoisotopic (exact) mass is 287 g/mol. The summed E-state index contributed by atoms with van der Waals surface area (Å²) in [6.45, 7) is 4.01. The molecule has 0 aliphatic carbocycles. The number of benzene rings is 1. The van der Waals surface area contributed by atoms with Crippen LogP contribution in [0, 0.1) is 5.92 Å². The molecule has 2 N–H and O–H groups in total. The van der Waals surface area contributed by atoms with Crippen LogP contribution in [0.4, 0.5) is 0 Å². The minimum absolute atomic E-state index is 0. The van der Waals surface area contributed by atoms with Crippen LogP contribution >= 0.6 is 24.6 Å². The van der Waals surface area contributed by atoms with Crippen LogP contribution in [0.1, 0.15) is 25.8 Å². The van der Waals surface area contributed by atoms with Crippen LogP contribution in [0.25, 0.3) is 0 Å². The smallest absolute Gasteiger partial charge is 0.329 e. The first-order valence-electron chi connectivity index (χ1n) is 5.57. The molecule has 0 spiro atoms. The molecule has 1 unspecified atom stereocenters. The standard InChI is InChI=1S/C13H17NO2S.ClH/c1-9(2)8-11(14)12(15)16-13(17)10-6-4-3-5-7-10;/h3-7,9,11H,8,14H2,1-2H3;1H. The van der Waals surface area contributed by atoms with Gasteiger partial charge < -0.3 is 10.5 Å². The predicted octanol–water partition coefficient (Wildman–Crippen LogP) is 2.70. The number of ether oxygens (including phenoxy) is 1. The summed E-state index contributed by atoms with van der Waals surface area (Å²) >= 11 is 5.03. The highest BCUT2D eigenvalue weighted by molar-refractivity contribution is 7.80. The molecule has 0 aromatic heterocycles. The molecule has 100 valence electrons. The van der Waals surface area contributed by atoms with E-state index < -0.39 is 12.0 Å². The number of hydrogen-bond donors (Lipinski definition) is 1. The molecule has 1 atom stereocenters. The maximum Gasteiger partial charge on any atom is 0.329 e. The first-order valence-corrected chi connectivity index (χ1v) is 5.98. The molecule has 3 nitrogen and oxygen atoms in total. The Balaban J connectivity index is 0.00000289. The van der Waals surface area contributed by atoms with E-state index in [0.717, 1.165) is 0 Å². The van der Waals surface area contributed by atoms with E-state index in [1.54, 1.807) is 12.1 Å². The zero-order valence-electron chi connectivity index (χ0n) is 10.5. The van der Waals surface area contributed by atoms with Crippen molar-refractivity contribution in [2.24, 2.45) is 11.7 Å². The van der Waals surface area contributed by atoms with Gasteiger partial charge in [0.2, 0.25) is 5.05 Å². The first kappa shape index (κ1) is 17.0. The van der Waals surface area contributed by atoms with Gasteiger partial charge in [-0.05, 0) is 24.6 Å². The quantitative estimate of drug-likeness (QED) is 0.683. The molecular formula is C13H18ClNO2S. The summed E-state index contributed by atoms with van der Waals surface area (Å²) in [6, 6.07) is 8.52. The van der Waals surface area contributed by atoms with Crippen LogP contribution in [-0.4, -0.2) is 17.1 Å². The number of halogens is 1. The van der Waals surface area contributed by atoms with Crippen molar-refractivity contribution in [3.05, 3.63) is 35.9 Å². The third-order valence-electron chi connectivity index (χ3n) is 2.23. The normalized spacial score (nSPS) is 11.6. The molecule has 0 radical (unpaired) electrons. The second-order valence-electron chi connectivity index (χ2n) is 4.31. The third-order valence-corrected chi connectivity index (χ3v) is 2.55. The SMILES string of the molecule is CC(C)CC(N)C(=O)OC(=S)c1ccccc1.Cl. The van der Waals surface area contributed by atoms with E-state index in [1.807, 2.05) is 32.0 Å².